The molecule has 4 aliphatic heterocycles. The lowest BCUT2D eigenvalue weighted by molar-refractivity contribution is -1.03. The summed E-state index contributed by atoms with van der Waals surface area (Å²) in [5.41, 5.74) is 15.4. The van der Waals surface area contributed by atoms with Crippen molar-refractivity contribution >= 4 is 50.5 Å². The van der Waals surface area contributed by atoms with Crippen LogP contribution < -0.4 is 23.7 Å². The van der Waals surface area contributed by atoms with Crippen LogP contribution in [0.4, 0.5) is 28.6 Å². The Morgan fingerprint density at radius 1 is 0.566 bits per heavy atom. The van der Waals surface area contributed by atoms with E-state index in [0.717, 1.165) is 45.8 Å². The van der Waals surface area contributed by atoms with Crippen LogP contribution in [-0.2, 0) is 5.41 Å². The van der Waals surface area contributed by atoms with Gasteiger partial charge < -0.3 is 4.74 Å². The number of pyridine rings is 2. The standard InChI is InChI=1S/C47H28N5O/c1-2-13-29(14-3-1)49-38-22-8-9-23-39(38)52-45-40(53-42-25-11-24-41(49)51(42)52)27-26-37-44(45)50-43-32(33-18-12-28-48(52)46(33)50)17-10-21-36(43)47(37)34-19-6-4-15-30(34)31-16-5-7-20-35(31)47/h1-28H/q+3. The third-order valence-electron chi connectivity index (χ3n) is 12.5. The molecule has 1 atom stereocenters. The normalized spacial score (nSPS) is 17.8. The fourth-order valence-corrected chi connectivity index (χ4v) is 10.9. The van der Waals surface area contributed by atoms with Gasteiger partial charge in [-0.25, -0.2) is 0 Å². The smallest absolute Gasteiger partial charge is 0.350 e. The fourth-order valence-electron chi connectivity index (χ4n) is 10.9. The minimum atomic E-state index is -0.538. The molecule has 1 unspecified atom stereocenters. The van der Waals surface area contributed by atoms with Gasteiger partial charge in [-0.2, -0.15) is 9.47 Å². The largest absolute Gasteiger partial charge is 0.412 e. The van der Waals surface area contributed by atoms with Gasteiger partial charge in [0.05, 0.1) is 15.5 Å². The molecule has 244 valence electrons. The molecule has 9 aromatic rings. The number of aromatic nitrogens is 3. The first-order chi connectivity index (χ1) is 26.3. The van der Waals surface area contributed by atoms with Gasteiger partial charge in [0.15, 0.2) is 6.20 Å². The first-order valence-electron chi connectivity index (χ1n) is 18.3. The molecule has 6 aromatic carbocycles. The molecular weight excluding hydrogens is 651 g/mol. The molecule has 14 rings (SSSR count). The lowest BCUT2D eigenvalue weighted by atomic mass is 9.65. The Bertz CT molecular complexity index is 3140. The second-order valence-corrected chi connectivity index (χ2v) is 14.7. The molecule has 0 amide bonds. The molecule has 2 spiro atoms. The first-order valence-corrected chi connectivity index (χ1v) is 18.3. The van der Waals surface area contributed by atoms with Gasteiger partial charge in [0.2, 0.25) is 17.1 Å². The van der Waals surface area contributed by atoms with Crippen LogP contribution in [0, 0.1) is 0 Å². The number of rotatable bonds is 1. The van der Waals surface area contributed by atoms with Crippen molar-refractivity contribution in [3.8, 4) is 28.4 Å². The summed E-state index contributed by atoms with van der Waals surface area (Å²) in [6.45, 7) is 0. The molecule has 6 nitrogen and oxygen atoms in total. The Balaban J connectivity index is 1.26. The molecule has 5 aliphatic rings. The Labute approximate surface area is 304 Å². The van der Waals surface area contributed by atoms with Gasteiger partial charge >= 0.3 is 23.0 Å². The van der Waals surface area contributed by atoms with Gasteiger partial charge in [0, 0.05) is 39.4 Å². The number of anilines is 3. The van der Waals surface area contributed by atoms with E-state index in [4.69, 9.17) is 4.74 Å². The van der Waals surface area contributed by atoms with E-state index in [9.17, 15) is 0 Å². The van der Waals surface area contributed by atoms with Gasteiger partial charge in [-0.15, -0.1) is 0 Å². The molecule has 0 saturated carbocycles. The summed E-state index contributed by atoms with van der Waals surface area (Å²) in [5, 5.41) is 2.48. The van der Waals surface area contributed by atoms with E-state index in [-0.39, 0.29) is 4.70 Å². The van der Waals surface area contributed by atoms with Gasteiger partial charge in [-0.05, 0) is 81.5 Å². The molecule has 53 heavy (non-hydrogen) atoms. The van der Waals surface area contributed by atoms with Crippen molar-refractivity contribution in [2.24, 2.45) is 0 Å². The van der Waals surface area contributed by atoms with Crippen LogP contribution in [0.5, 0.6) is 11.6 Å². The van der Waals surface area contributed by atoms with Crippen LogP contribution in [0.3, 0.4) is 0 Å². The third-order valence-corrected chi connectivity index (χ3v) is 12.5. The Morgan fingerprint density at radius 3 is 2.13 bits per heavy atom. The van der Waals surface area contributed by atoms with Crippen molar-refractivity contribution in [1.82, 2.24) is 9.27 Å². The van der Waals surface area contributed by atoms with E-state index < -0.39 is 5.41 Å². The summed E-state index contributed by atoms with van der Waals surface area (Å²) in [6.07, 6.45) is 2.27. The highest BCUT2D eigenvalue weighted by molar-refractivity contribution is 6.12. The zero-order chi connectivity index (χ0) is 34.2. The zero-order valence-electron chi connectivity index (χ0n) is 28.3. The minimum Gasteiger partial charge on any atom is -0.412 e. The summed E-state index contributed by atoms with van der Waals surface area (Å²) in [7, 11) is 0. The van der Waals surface area contributed by atoms with Crippen molar-refractivity contribution in [2.45, 2.75) is 5.41 Å². The number of nitrogens with zero attached hydrogens (tertiary/aromatic N) is 5. The van der Waals surface area contributed by atoms with Gasteiger partial charge in [-0.3, -0.25) is 0 Å². The quantitative estimate of drug-likeness (QED) is 0.128. The molecule has 0 radical (unpaired) electrons. The summed E-state index contributed by atoms with van der Waals surface area (Å²) in [6, 6.07) is 60.3. The fraction of sp³-hybridized carbons (Fsp3) is 0.0213. The maximum Gasteiger partial charge on any atom is 0.350 e. The number of ether oxygens (including phenoxy) is 1. The zero-order valence-corrected chi connectivity index (χ0v) is 28.3. The molecule has 0 N–H and O–H groups in total. The maximum absolute atomic E-state index is 7.12. The highest BCUT2D eigenvalue weighted by Crippen LogP contribution is 2.65. The van der Waals surface area contributed by atoms with Crippen LogP contribution in [0.1, 0.15) is 22.3 Å². The lowest BCUT2D eigenvalue weighted by Crippen LogP contribution is -2.87. The van der Waals surface area contributed by atoms with E-state index in [1.165, 1.54) is 55.4 Å². The maximum atomic E-state index is 7.12. The Morgan fingerprint density at radius 2 is 1.28 bits per heavy atom. The van der Waals surface area contributed by atoms with Crippen molar-refractivity contribution in [1.29, 1.82) is 0 Å². The highest BCUT2D eigenvalue weighted by Gasteiger charge is 2.69. The molecular formula is C47H28N5O+3. The van der Waals surface area contributed by atoms with Crippen LogP contribution in [-0.4, -0.2) is 4.57 Å². The first kappa shape index (κ1) is 26.7. The monoisotopic (exact) mass is 678 g/mol. The minimum absolute atomic E-state index is 0.284. The number of fused-ring (bicyclic) bond motifs is 9. The summed E-state index contributed by atoms with van der Waals surface area (Å²) in [4.78, 5) is 2.37. The second-order valence-electron chi connectivity index (χ2n) is 14.7. The van der Waals surface area contributed by atoms with Gasteiger partial charge in [0.25, 0.3) is 5.69 Å². The van der Waals surface area contributed by atoms with Crippen LogP contribution in [0.15, 0.2) is 170 Å². The van der Waals surface area contributed by atoms with Crippen molar-refractivity contribution in [3.05, 3.63) is 192 Å². The lowest BCUT2D eigenvalue weighted by Gasteiger charge is -2.43. The SMILES string of the molecule is c1ccc(N2c3ccccc3[N+]34c5c(ccc6c5-n5c7c(cccc7c7ccc[n+]3c75)C63c5ccccc5-c5ccccc53)Oc3cccc2[n+]34)cc1. The molecule has 1 aliphatic carbocycles. The van der Waals surface area contributed by atoms with Gasteiger partial charge in [-0.1, -0.05) is 91.0 Å². The number of para-hydroxylation sites is 4. The van der Waals surface area contributed by atoms with Crippen LogP contribution in [0.25, 0.3) is 38.8 Å². The third kappa shape index (κ3) is 2.65. The average molecular weight is 679 g/mol. The molecule has 6 heteroatoms. The number of hydrogen-bond acceptors (Lipinski definition) is 2. The highest BCUT2D eigenvalue weighted by atomic mass is 16.5. The van der Waals surface area contributed by atoms with E-state index >= 15 is 0 Å². The number of quaternary nitrogens is 1. The van der Waals surface area contributed by atoms with Crippen molar-refractivity contribution in [3.63, 3.8) is 0 Å². The molecule has 3 aromatic heterocycles. The van der Waals surface area contributed by atoms with Crippen molar-refractivity contribution in [2.75, 3.05) is 4.90 Å². The molecule has 0 bridgehead atoms. The average Bonchev–Trinajstić information content (AvgIpc) is 3.72. The van der Waals surface area contributed by atoms with E-state index in [1.54, 1.807) is 0 Å². The summed E-state index contributed by atoms with van der Waals surface area (Å²) >= 11 is 0. The number of hydrogen-bond donors (Lipinski definition) is 0. The topological polar surface area (TPSA) is 25.2 Å². The Kier molecular flexibility index (Phi) is 4.39. The second kappa shape index (κ2) is 8.70. The molecule has 7 heterocycles. The number of benzene rings is 6. The predicted molar refractivity (Wildman–Crippen MR) is 205 cm³/mol. The summed E-state index contributed by atoms with van der Waals surface area (Å²) < 4.78 is 14.9. The van der Waals surface area contributed by atoms with E-state index in [0.29, 0.717) is 0 Å². The predicted octanol–water partition coefficient (Wildman–Crippen LogP) is 9.80. The molecule has 0 fully saturated rings. The Hall–Kier alpha value is -7.02. The van der Waals surface area contributed by atoms with Crippen molar-refractivity contribution < 1.29 is 14.1 Å². The van der Waals surface area contributed by atoms with Crippen LogP contribution >= 0.6 is 0 Å². The molecule has 0 saturated heterocycles. The summed E-state index contributed by atoms with van der Waals surface area (Å²) in [5.74, 6) is 2.66. The van der Waals surface area contributed by atoms with E-state index in [1.807, 2.05) is 0 Å². The van der Waals surface area contributed by atoms with Gasteiger partial charge in [0.1, 0.15) is 11.2 Å². The van der Waals surface area contributed by atoms with E-state index in [2.05, 4.69) is 189 Å². The van der Waals surface area contributed by atoms with Crippen LogP contribution in [0.2, 0.25) is 0 Å².